The molecule has 2 heterocycles. The first-order valence-corrected chi connectivity index (χ1v) is 8.69. The minimum absolute atomic E-state index is 0.0553. The summed E-state index contributed by atoms with van der Waals surface area (Å²) >= 11 is 0. The highest BCUT2D eigenvalue weighted by Gasteiger charge is 2.30. The first-order chi connectivity index (χ1) is 12.1. The normalized spacial score (nSPS) is 18.6. The van der Waals surface area contributed by atoms with Gasteiger partial charge >= 0.3 is 5.97 Å². The van der Waals surface area contributed by atoms with E-state index in [1.54, 1.807) is 18.2 Å². The Hall–Kier alpha value is -2.28. The summed E-state index contributed by atoms with van der Waals surface area (Å²) in [5.41, 5.74) is 0.683. The van der Waals surface area contributed by atoms with Crippen LogP contribution in [-0.2, 0) is 14.3 Å². The second-order valence-corrected chi connectivity index (χ2v) is 6.30. The maximum Gasteiger partial charge on any atom is 0.309 e. The van der Waals surface area contributed by atoms with Crippen molar-refractivity contribution in [3.05, 3.63) is 18.2 Å². The molecule has 7 nitrogen and oxygen atoms in total. The van der Waals surface area contributed by atoms with Crippen molar-refractivity contribution in [1.29, 1.82) is 0 Å². The molecule has 1 amide bonds. The van der Waals surface area contributed by atoms with Crippen LogP contribution in [0.1, 0.15) is 26.7 Å². The number of carbonyl (C=O) groups excluding carboxylic acids is 2. The molecule has 0 bridgehead atoms. The fourth-order valence-electron chi connectivity index (χ4n) is 3.17. The standard InChI is InChI=1S/C18H24N2O5/c1-3-23-18(22)13-6-8-20(9-7-13)12(2)17(21)19-14-4-5-15-16(10-14)25-11-24-15/h4-5,10,12-13H,3,6-9,11H2,1-2H3,(H,19,21)/t12-/m0/s1. The van der Waals surface area contributed by atoms with Crippen molar-refractivity contribution in [1.82, 2.24) is 4.90 Å². The van der Waals surface area contributed by atoms with E-state index >= 15 is 0 Å². The number of benzene rings is 1. The van der Waals surface area contributed by atoms with Gasteiger partial charge in [0.1, 0.15) is 0 Å². The Bertz CT molecular complexity index is 640. The second-order valence-electron chi connectivity index (χ2n) is 6.30. The van der Waals surface area contributed by atoms with Crippen LogP contribution in [0.5, 0.6) is 11.5 Å². The van der Waals surface area contributed by atoms with E-state index in [0.29, 0.717) is 36.9 Å². The van der Waals surface area contributed by atoms with E-state index in [9.17, 15) is 9.59 Å². The van der Waals surface area contributed by atoms with E-state index in [2.05, 4.69) is 10.2 Å². The maximum atomic E-state index is 12.5. The molecule has 0 spiro atoms. The number of likely N-dealkylation sites (tertiary alicyclic amines) is 1. The smallest absolute Gasteiger partial charge is 0.309 e. The van der Waals surface area contributed by atoms with E-state index in [1.807, 2.05) is 13.8 Å². The molecular weight excluding hydrogens is 324 g/mol. The van der Waals surface area contributed by atoms with Crippen LogP contribution < -0.4 is 14.8 Å². The SMILES string of the molecule is CCOC(=O)C1CCN([C@@H](C)C(=O)Nc2ccc3c(c2)OCO3)CC1. The number of anilines is 1. The number of nitrogens with one attached hydrogen (secondary N) is 1. The van der Waals surface area contributed by atoms with E-state index in [-0.39, 0.29) is 30.6 Å². The summed E-state index contributed by atoms with van der Waals surface area (Å²) in [6.45, 7) is 5.73. The van der Waals surface area contributed by atoms with Gasteiger partial charge in [0.05, 0.1) is 18.6 Å². The third kappa shape index (κ3) is 4.04. The lowest BCUT2D eigenvalue weighted by atomic mass is 9.96. The molecule has 1 fully saturated rings. The number of fused-ring (bicyclic) bond motifs is 1. The first-order valence-electron chi connectivity index (χ1n) is 8.69. The van der Waals surface area contributed by atoms with Crippen molar-refractivity contribution in [3.8, 4) is 11.5 Å². The molecule has 0 unspecified atom stereocenters. The Morgan fingerprint density at radius 1 is 1.28 bits per heavy atom. The van der Waals surface area contributed by atoms with Gasteiger partial charge in [-0.1, -0.05) is 0 Å². The quantitative estimate of drug-likeness (QED) is 0.821. The van der Waals surface area contributed by atoms with Crippen molar-refractivity contribution in [3.63, 3.8) is 0 Å². The van der Waals surface area contributed by atoms with E-state index in [0.717, 1.165) is 12.8 Å². The monoisotopic (exact) mass is 348 g/mol. The largest absolute Gasteiger partial charge is 0.466 e. The number of nitrogens with zero attached hydrogens (tertiary/aromatic N) is 1. The lowest BCUT2D eigenvalue weighted by Gasteiger charge is -2.34. The van der Waals surface area contributed by atoms with Gasteiger partial charge in [0.15, 0.2) is 11.5 Å². The van der Waals surface area contributed by atoms with E-state index in [4.69, 9.17) is 14.2 Å². The molecule has 1 saturated heterocycles. The number of rotatable bonds is 5. The number of amides is 1. The molecule has 1 atom stereocenters. The topological polar surface area (TPSA) is 77.1 Å². The van der Waals surface area contributed by atoms with Crippen molar-refractivity contribution in [2.24, 2.45) is 5.92 Å². The van der Waals surface area contributed by atoms with Crippen LogP contribution in [0.4, 0.5) is 5.69 Å². The van der Waals surface area contributed by atoms with Crippen molar-refractivity contribution in [2.75, 3.05) is 31.8 Å². The zero-order valence-electron chi connectivity index (χ0n) is 14.6. The Morgan fingerprint density at radius 2 is 2.00 bits per heavy atom. The minimum atomic E-state index is -0.270. The van der Waals surface area contributed by atoms with Crippen LogP contribution in [0.15, 0.2) is 18.2 Å². The highest BCUT2D eigenvalue weighted by atomic mass is 16.7. The van der Waals surface area contributed by atoms with Crippen LogP contribution in [0.2, 0.25) is 0 Å². The van der Waals surface area contributed by atoms with Gasteiger partial charge in [-0.3, -0.25) is 14.5 Å². The summed E-state index contributed by atoms with van der Waals surface area (Å²) in [6.07, 6.45) is 1.45. The van der Waals surface area contributed by atoms with Gasteiger partial charge in [-0.05, 0) is 51.9 Å². The Balaban J connectivity index is 1.52. The molecule has 2 aliphatic rings. The fourth-order valence-corrected chi connectivity index (χ4v) is 3.17. The first kappa shape index (κ1) is 17.5. The molecular formula is C18H24N2O5. The molecule has 0 aliphatic carbocycles. The average molecular weight is 348 g/mol. The van der Waals surface area contributed by atoms with Gasteiger partial charge in [-0.25, -0.2) is 0 Å². The molecule has 25 heavy (non-hydrogen) atoms. The number of hydrogen-bond acceptors (Lipinski definition) is 6. The molecule has 1 aromatic rings. The summed E-state index contributed by atoms with van der Waals surface area (Å²) < 4.78 is 15.7. The fraction of sp³-hybridized carbons (Fsp3) is 0.556. The number of piperidine rings is 1. The van der Waals surface area contributed by atoms with Crippen molar-refractivity contribution in [2.45, 2.75) is 32.7 Å². The van der Waals surface area contributed by atoms with E-state index in [1.165, 1.54) is 0 Å². The molecule has 0 saturated carbocycles. The van der Waals surface area contributed by atoms with Gasteiger partial charge in [0.25, 0.3) is 0 Å². The van der Waals surface area contributed by atoms with E-state index < -0.39 is 0 Å². The van der Waals surface area contributed by atoms with Crippen LogP contribution in [0.3, 0.4) is 0 Å². The molecule has 7 heteroatoms. The van der Waals surface area contributed by atoms with Crippen LogP contribution >= 0.6 is 0 Å². The summed E-state index contributed by atoms with van der Waals surface area (Å²) in [5, 5.41) is 2.92. The number of hydrogen-bond donors (Lipinski definition) is 1. The molecule has 1 N–H and O–H groups in total. The lowest BCUT2D eigenvalue weighted by molar-refractivity contribution is -0.149. The summed E-state index contributed by atoms with van der Waals surface area (Å²) in [4.78, 5) is 26.4. The van der Waals surface area contributed by atoms with Gasteiger partial charge < -0.3 is 19.5 Å². The summed E-state index contributed by atoms with van der Waals surface area (Å²) in [5.74, 6) is 1.07. The summed E-state index contributed by atoms with van der Waals surface area (Å²) in [6, 6.07) is 5.08. The minimum Gasteiger partial charge on any atom is -0.466 e. The Morgan fingerprint density at radius 3 is 2.72 bits per heavy atom. The molecule has 0 aromatic heterocycles. The third-order valence-corrected chi connectivity index (χ3v) is 4.72. The molecule has 2 aliphatic heterocycles. The molecule has 1 aromatic carbocycles. The van der Waals surface area contributed by atoms with Gasteiger partial charge in [0.2, 0.25) is 12.7 Å². The number of ether oxygens (including phenoxy) is 3. The van der Waals surface area contributed by atoms with Crippen LogP contribution in [0, 0.1) is 5.92 Å². The molecule has 136 valence electrons. The number of carbonyl (C=O) groups is 2. The van der Waals surface area contributed by atoms with Crippen molar-refractivity contribution < 1.29 is 23.8 Å². The second kappa shape index (κ2) is 7.74. The highest BCUT2D eigenvalue weighted by molar-refractivity contribution is 5.94. The predicted octanol–water partition coefficient (Wildman–Crippen LogP) is 2.02. The molecule has 0 radical (unpaired) electrons. The van der Waals surface area contributed by atoms with Gasteiger partial charge in [0, 0.05) is 11.8 Å². The van der Waals surface area contributed by atoms with Gasteiger partial charge in [-0.15, -0.1) is 0 Å². The lowest BCUT2D eigenvalue weighted by Crippen LogP contribution is -2.47. The van der Waals surface area contributed by atoms with Crippen molar-refractivity contribution >= 4 is 17.6 Å². The average Bonchev–Trinajstić information content (AvgIpc) is 3.09. The maximum absolute atomic E-state index is 12.5. The summed E-state index contributed by atoms with van der Waals surface area (Å²) in [7, 11) is 0. The van der Waals surface area contributed by atoms with Gasteiger partial charge in [-0.2, -0.15) is 0 Å². The zero-order valence-corrected chi connectivity index (χ0v) is 14.6. The predicted molar refractivity (Wildman–Crippen MR) is 91.6 cm³/mol. The van der Waals surface area contributed by atoms with Crippen LogP contribution in [-0.4, -0.2) is 49.3 Å². The Kier molecular flexibility index (Phi) is 5.43. The number of esters is 1. The highest BCUT2D eigenvalue weighted by Crippen LogP contribution is 2.34. The Labute approximate surface area is 147 Å². The molecule has 3 rings (SSSR count). The third-order valence-electron chi connectivity index (χ3n) is 4.72. The van der Waals surface area contributed by atoms with Crippen LogP contribution in [0.25, 0.3) is 0 Å². The zero-order chi connectivity index (χ0) is 17.8.